The fourth-order valence-corrected chi connectivity index (χ4v) is 6.60. The molecule has 0 radical (unpaired) electrons. The monoisotopic (exact) mass is 796 g/mol. The number of rotatable bonds is 18. The van der Waals surface area contributed by atoms with E-state index in [1.54, 1.807) is 36.4 Å². The van der Waals surface area contributed by atoms with Crippen LogP contribution < -0.4 is 14.2 Å². The fraction of sp³-hybridized carbons (Fsp3) is 0.372. The van der Waals surface area contributed by atoms with Crippen molar-refractivity contribution in [2.24, 2.45) is 5.92 Å². The van der Waals surface area contributed by atoms with Gasteiger partial charge < -0.3 is 58.1 Å². The number of aromatic nitrogens is 3. The first-order valence-corrected chi connectivity index (χ1v) is 19.2. The van der Waals surface area contributed by atoms with Gasteiger partial charge in [0.05, 0.1) is 5.92 Å². The van der Waals surface area contributed by atoms with E-state index in [2.05, 4.69) is 29.7 Å². The molecule has 0 aliphatic heterocycles. The molecule has 308 valence electrons. The van der Waals surface area contributed by atoms with E-state index < -0.39 is 24.4 Å². The summed E-state index contributed by atoms with van der Waals surface area (Å²) in [6.07, 6.45) is 4.97. The number of benzene rings is 3. The summed E-state index contributed by atoms with van der Waals surface area (Å²) >= 11 is 0. The van der Waals surface area contributed by atoms with E-state index in [1.165, 1.54) is 0 Å². The van der Waals surface area contributed by atoms with Crippen LogP contribution in [0.5, 0.6) is 17.2 Å². The van der Waals surface area contributed by atoms with Crippen LogP contribution in [0.3, 0.4) is 0 Å². The first kappa shape index (κ1) is 41.6. The zero-order valence-corrected chi connectivity index (χ0v) is 33.9. The molecular formula is C43H52N6O9. The van der Waals surface area contributed by atoms with Crippen LogP contribution in [-0.2, 0) is 33.5 Å². The number of H-pyrrole nitrogens is 3. The molecule has 0 spiro atoms. The van der Waals surface area contributed by atoms with Crippen molar-refractivity contribution in [1.82, 2.24) is 29.7 Å². The molecule has 0 amide bonds. The molecule has 3 aromatic heterocycles. The lowest BCUT2D eigenvalue weighted by molar-refractivity contribution is 0.0194. The zero-order chi connectivity index (χ0) is 41.2. The summed E-state index contributed by atoms with van der Waals surface area (Å²) in [4.78, 5) is 55.3. The van der Waals surface area contributed by atoms with Gasteiger partial charge in [0.1, 0.15) is 37.1 Å². The van der Waals surface area contributed by atoms with Crippen LogP contribution in [-0.4, -0.2) is 130 Å². The van der Waals surface area contributed by atoms with Gasteiger partial charge >= 0.3 is 18.5 Å². The van der Waals surface area contributed by atoms with Crippen LogP contribution in [0, 0.1) is 5.92 Å². The van der Waals surface area contributed by atoms with Crippen LogP contribution in [0.4, 0.5) is 14.4 Å². The second kappa shape index (κ2) is 19.4. The molecule has 58 heavy (non-hydrogen) atoms. The fourth-order valence-electron chi connectivity index (χ4n) is 6.60. The quantitative estimate of drug-likeness (QED) is 0.0464. The van der Waals surface area contributed by atoms with Gasteiger partial charge in [-0.1, -0.05) is 18.2 Å². The third-order valence-electron chi connectivity index (χ3n) is 9.62. The molecular weight excluding hydrogens is 745 g/mol. The topological polar surface area (TPSA) is 164 Å². The lowest BCUT2D eigenvalue weighted by atomic mass is 10.1. The Morgan fingerprint density at radius 2 is 0.776 bits per heavy atom. The van der Waals surface area contributed by atoms with Crippen LogP contribution >= 0.6 is 0 Å². The highest BCUT2D eigenvalue weighted by Crippen LogP contribution is 2.32. The van der Waals surface area contributed by atoms with Crippen molar-refractivity contribution < 1.29 is 42.8 Å². The van der Waals surface area contributed by atoms with Gasteiger partial charge in [0, 0.05) is 70.9 Å². The number of nitrogens with one attached hydrogen (secondary N) is 3. The number of hydrogen-bond donors (Lipinski definition) is 3. The van der Waals surface area contributed by atoms with Crippen LogP contribution in [0.1, 0.15) is 16.7 Å². The Balaban J connectivity index is 1.13. The average molecular weight is 797 g/mol. The Bertz CT molecular complexity index is 2070. The van der Waals surface area contributed by atoms with Crippen LogP contribution in [0.15, 0.2) is 73.2 Å². The molecule has 0 unspecified atom stereocenters. The van der Waals surface area contributed by atoms with E-state index in [0.717, 1.165) is 88.3 Å². The predicted octanol–water partition coefficient (Wildman–Crippen LogP) is 7.01. The second-order valence-corrected chi connectivity index (χ2v) is 15.0. The molecule has 0 fully saturated rings. The first-order valence-electron chi connectivity index (χ1n) is 19.2. The summed E-state index contributed by atoms with van der Waals surface area (Å²) in [5, 5.41) is 2.33. The maximum absolute atomic E-state index is 13.1. The Morgan fingerprint density at radius 1 is 0.483 bits per heavy atom. The van der Waals surface area contributed by atoms with Crippen molar-refractivity contribution in [1.29, 1.82) is 0 Å². The molecule has 3 N–H and O–H groups in total. The van der Waals surface area contributed by atoms with Gasteiger partial charge in [-0.2, -0.15) is 0 Å². The molecule has 6 aromatic rings. The number of carbonyl (C=O) groups is 3. The third-order valence-corrected chi connectivity index (χ3v) is 9.62. The number of carbonyl (C=O) groups excluding carboxylic acids is 3. The van der Waals surface area contributed by atoms with Crippen LogP contribution in [0.25, 0.3) is 32.7 Å². The van der Waals surface area contributed by atoms with Crippen molar-refractivity contribution in [3.05, 3.63) is 89.9 Å². The minimum absolute atomic E-state index is 0.319. The Kier molecular flexibility index (Phi) is 13.9. The number of fused-ring (bicyclic) bond motifs is 3. The predicted molar refractivity (Wildman–Crippen MR) is 221 cm³/mol. The average Bonchev–Trinajstić information content (AvgIpc) is 3.93. The standard InChI is InChI=1S/C43H52N6O9/c1-47(2)19-16-29-22-44-32-10-7-13-35(38(29)32)56-41(50)53-25-28(26-54-42(51)57-36-14-8-11-33-39(36)30(23-45-33)17-20-48(3)4)27-55-43(52)58-37-15-9-12-34-40(37)31(24-46-34)18-21-49(5)6/h7-15,22-24,28,44-46H,16-21,25-27H2,1-6H3. The molecule has 0 atom stereocenters. The van der Waals surface area contributed by atoms with Crippen molar-refractivity contribution in [3.63, 3.8) is 0 Å². The number of hydrogen-bond acceptors (Lipinski definition) is 12. The highest BCUT2D eigenvalue weighted by molar-refractivity contribution is 5.92. The summed E-state index contributed by atoms with van der Waals surface area (Å²) in [6.45, 7) is 1.44. The van der Waals surface area contributed by atoms with Crippen molar-refractivity contribution in [2.45, 2.75) is 19.3 Å². The second-order valence-electron chi connectivity index (χ2n) is 15.0. The smallest absolute Gasteiger partial charge is 0.433 e. The number of likely N-dealkylation sites (N-methyl/N-ethyl adjacent to an activating group) is 3. The molecule has 0 saturated carbocycles. The lowest BCUT2D eigenvalue weighted by Crippen LogP contribution is -2.28. The molecule has 0 aliphatic carbocycles. The first-order chi connectivity index (χ1) is 27.9. The summed E-state index contributed by atoms with van der Waals surface area (Å²) in [7, 11) is 11.9. The molecule has 0 bridgehead atoms. The minimum Gasteiger partial charge on any atom is -0.433 e. The van der Waals surface area contributed by atoms with Gasteiger partial charge in [0.25, 0.3) is 0 Å². The van der Waals surface area contributed by atoms with Crippen molar-refractivity contribution in [2.75, 3.05) is 81.7 Å². The molecule has 6 rings (SSSR count). The zero-order valence-electron chi connectivity index (χ0n) is 33.9. The molecule has 15 nitrogen and oxygen atoms in total. The van der Waals surface area contributed by atoms with E-state index in [0.29, 0.717) is 17.2 Å². The van der Waals surface area contributed by atoms with Gasteiger partial charge in [-0.3, -0.25) is 0 Å². The summed E-state index contributed by atoms with van der Waals surface area (Å²) in [6, 6.07) is 16.1. The van der Waals surface area contributed by atoms with Gasteiger partial charge in [-0.15, -0.1) is 0 Å². The Hall–Kier alpha value is -6.03. The van der Waals surface area contributed by atoms with Crippen LogP contribution in [0.2, 0.25) is 0 Å². The van der Waals surface area contributed by atoms with Gasteiger partial charge in [-0.05, 0) is 115 Å². The molecule has 15 heteroatoms. The summed E-state index contributed by atoms with van der Waals surface area (Å²) < 4.78 is 33.6. The molecule has 3 aromatic carbocycles. The maximum atomic E-state index is 13.1. The number of ether oxygens (including phenoxy) is 6. The number of aromatic amines is 3. The van der Waals surface area contributed by atoms with Gasteiger partial charge in [0.2, 0.25) is 0 Å². The third kappa shape index (κ3) is 10.9. The minimum atomic E-state index is -0.976. The Morgan fingerprint density at radius 3 is 1.05 bits per heavy atom. The Labute approximate surface area is 337 Å². The van der Waals surface area contributed by atoms with Gasteiger partial charge in [0.15, 0.2) is 0 Å². The van der Waals surface area contributed by atoms with Crippen molar-refractivity contribution >= 4 is 51.2 Å². The molecule has 0 aliphatic rings. The summed E-state index contributed by atoms with van der Waals surface area (Å²) in [5.41, 5.74) is 5.42. The van der Waals surface area contributed by atoms with E-state index in [9.17, 15) is 14.4 Å². The van der Waals surface area contributed by atoms with Crippen molar-refractivity contribution in [3.8, 4) is 17.2 Å². The molecule has 3 heterocycles. The largest absolute Gasteiger partial charge is 0.513 e. The SMILES string of the molecule is CN(C)CCc1c[nH]c2cccc(OC(=O)OCC(COC(=O)Oc3cccc4[nH]cc(CCN(C)C)c34)COC(=O)Oc3cccc4[nH]cc(CCN(C)C)c34)c12. The maximum Gasteiger partial charge on any atom is 0.513 e. The molecule has 0 saturated heterocycles. The number of nitrogens with zero attached hydrogens (tertiary/aromatic N) is 3. The van der Waals surface area contributed by atoms with E-state index >= 15 is 0 Å². The summed E-state index contributed by atoms with van der Waals surface area (Å²) in [5.74, 6) is 0.188. The highest BCUT2D eigenvalue weighted by atomic mass is 16.7. The van der Waals surface area contributed by atoms with E-state index in [1.807, 2.05) is 79.1 Å². The van der Waals surface area contributed by atoms with E-state index in [-0.39, 0.29) is 19.8 Å². The highest BCUT2D eigenvalue weighted by Gasteiger charge is 2.23. The van der Waals surface area contributed by atoms with E-state index in [4.69, 9.17) is 28.4 Å². The van der Waals surface area contributed by atoms with Gasteiger partial charge in [-0.25, -0.2) is 14.4 Å². The normalized spacial score (nSPS) is 11.7. The lowest BCUT2D eigenvalue weighted by Gasteiger charge is -2.17.